The van der Waals surface area contributed by atoms with Crippen LogP contribution in [0.1, 0.15) is 10.7 Å². The molecular formula is C13H13N5O2S. The maximum Gasteiger partial charge on any atom is 0.294 e. The first-order valence-corrected chi connectivity index (χ1v) is 7.08. The van der Waals surface area contributed by atoms with Crippen molar-refractivity contribution in [3.05, 3.63) is 39.1 Å². The fraction of sp³-hybridized carbons (Fsp3) is 0.231. The van der Waals surface area contributed by atoms with Crippen molar-refractivity contribution in [3.63, 3.8) is 0 Å². The van der Waals surface area contributed by atoms with Crippen molar-refractivity contribution in [2.24, 2.45) is 7.05 Å². The van der Waals surface area contributed by atoms with Crippen LogP contribution in [-0.4, -0.2) is 19.7 Å². The Morgan fingerprint density at radius 2 is 2.10 bits per heavy atom. The van der Waals surface area contributed by atoms with E-state index in [9.17, 15) is 10.1 Å². The molecule has 0 radical (unpaired) electrons. The average molecular weight is 303 g/mol. The highest BCUT2D eigenvalue weighted by Crippen LogP contribution is 2.35. The van der Waals surface area contributed by atoms with E-state index < -0.39 is 0 Å². The first-order chi connectivity index (χ1) is 9.94. The standard InChI is InChI=1S/C13H13N5O2S/c1-7-11(6-17(3)16-7)15-9-4-10-13(21-8(2)14-10)5-12(9)18(19)20/h4-6,15H,1-3H3. The van der Waals surface area contributed by atoms with Gasteiger partial charge in [-0.05, 0) is 19.9 Å². The molecule has 0 bridgehead atoms. The number of rotatable bonds is 3. The highest BCUT2D eigenvalue weighted by molar-refractivity contribution is 7.18. The van der Waals surface area contributed by atoms with Gasteiger partial charge in [-0.25, -0.2) is 4.98 Å². The molecule has 1 aromatic carbocycles. The van der Waals surface area contributed by atoms with E-state index in [4.69, 9.17) is 0 Å². The van der Waals surface area contributed by atoms with Crippen LogP contribution in [0.2, 0.25) is 0 Å². The summed E-state index contributed by atoms with van der Waals surface area (Å²) in [7, 11) is 1.81. The average Bonchev–Trinajstić information content (AvgIpc) is 2.89. The van der Waals surface area contributed by atoms with Crippen molar-refractivity contribution >= 4 is 38.6 Å². The molecule has 0 saturated carbocycles. The van der Waals surface area contributed by atoms with Gasteiger partial charge in [0, 0.05) is 19.3 Å². The lowest BCUT2D eigenvalue weighted by Gasteiger charge is -2.05. The lowest BCUT2D eigenvalue weighted by molar-refractivity contribution is -0.383. The molecule has 7 nitrogen and oxygen atoms in total. The minimum Gasteiger partial charge on any atom is -0.347 e. The van der Waals surface area contributed by atoms with Crippen LogP contribution in [-0.2, 0) is 7.05 Å². The molecule has 0 saturated heterocycles. The molecule has 2 heterocycles. The summed E-state index contributed by atoms with van der Waals surface area (Å²) in [4.78, 5) is 15.3. The van der Waals surface area contributed by atoms with Gasteiger partial charge in [0.1, 0.15) is 5.69 Å². The summed E-state index contributed by atoms with van der Waals surface area (Å²) in [5, 5.41) is 19.5. The van der Waals surface area contributed by atoms with E-state index in [0.717, 1.165) is 26.6 Å². The SMILES string of the molecule is Cc1nc2cc(Nc3cn(C)nc3C)c([N+](=O)[O-])cc2s1. The predicted molar refractivity (Wildman–Crippen MR) is 82.2 cm³/mol. The summed E-state index contributed by atoms with van der Waals surface area (Å²) >= 11 is 1.45. The number of aryl methyl sites for hydroxylation is 3. The molecule has 0 amide bonds. The van der Waals surface area contributed by atoms with Gasteiger partial charge in [-0.15, -0.1) is 11.3 Å². The van der Waals surface area contributed by atoms with E-state index >= 15 is 0 Å². The number of thiazole rings is 1. The summed E-state index contributed by atoms with van der Waals surface area (Å²) in [5.41, 5.74) is 2.74. The Bertz CT molecular complexity index is 852. The minimum atomic E-state index is -0.386. The van der Waals surface area contributed by atoms with Gasteiger partial charge in [-0.3, -0.25) is 14.8 Å². The quantitative estimate of drug-likeness (QED) is 0.592. The molecule has 1 N–H and O–H groups in total. The van der Waals surface area contributed by atoms with Crippen LogP contribution in [0.3, 0.4) is 0 Å². The van der Waals surface area contributed by atoms with Crippen LogP contribution < -0.4 is 5.32 Å². The molecule has 108 valence electrons. The van der Waals surface area contributed by atoms with E-state index in [2.05, 4.69) is 15.4 Å². The third-order valence-electron chi connectivity index (χ3n) is 3.09. The molecule has 3 aromatic rings. The fourth-order valence-corrected chi connectivity index (χ4v) is 3.04. The molecule has 0 unspecified atom stereocenters. The monoisotopic (exact) mass is 303 g/mol. The number of fused-ring (bicyclic) bond motifs is 1. The van der Waals surface area contributed by atoms with Gasteiger partial charge in [0.25, 0.3) is 5.69 Å². The second kappa shape index (κ2) is 4.81. The second-order valence-corrected chi connectivity index (χ2v) is 5.99. The number of hydrogen-bond donors (Lipinski definition) is 1. The number of benzene rings is 1. The Morgan fingerprint density at radius 1 is 1.33 bits per heavy atom. The zero-order chi connectivity index (χ0) is 15.1. The topological polar surface area (TPSA) is 85.9 Å². The Labute approximate surface area is 124 Å². The number of nitro benzene ring substituents is 1. The van der Waals surface area contributed by atoms with Crippen LogP contribution in [0.15, 0.2) is 18.3 Å². The van der Waals surface area contributed by atoms with Crippen molar-refractivity contribution in [1.29, 1.82) is 0 Å². The normalized spacial score (nSPS) is 11.0. The predicted octanol–water partition coefficient (Wildman–Crippen LogP) is 3.30. The van der Waals surface area contributed by atoms with Crippen LogP contribution in [0.4, 0.5) is 17.1 Å². The first-order valence-electron chi connectivity index (χ1n) is 6.27. The molecule has 0 atom stereocenters. The van der Waals surface area contributed by atoms with E-state index in [1.165, 1.54) is 11.3 Å². The van der Waals surface area contributed by atoms with Crippen molar-refractivity contribution in [2.45, 2.75) is 13.8 Å². The molecule has 3 rings (SSSR count). The molecule has 0 aliphatic carbocycles. The zero-order valence-corrected chi connectivity index (χ0v) is 12.6. The van der Waals surface area contributed by atoms with Crippen LogP contribution >= 0.6 is 11.3 Å². The molecule has 0 aliphatic rings. The van der Waals surface area contributed by atoms with Crippen molar-refractivity contribution in [3.8, 4) is 0 Å². The lowest BCUT2D eigenvalue weighted by Crippen LogP contribution is -1.97. The molecule has 21 heavy (non-hydrogen) atoms. The first kappa shape index (κ1) is 13.5. The minimum absolute atomic E-state index is 0.0365. The fourth-order valence-electron chi connectivity index (χ4n) is 2.20. The summed E-state index contributed by atoms with van der Waals surface area (Å²) in [6, 6.07) is 3.28. The number of nitro groups is 1. The third-order valence-corrected chi connectivity index (χ3v) is 4.03. The Hall–Kier alpha value is -2.48. The maximum atomic E-state index is 11.3. The Morgan fingerprint density at radius 3 is 2.71 bits per heavy atom. The molecule has 0 fully saturated rings. The summed E-state index contributed by atoms with van der Waals surface area (Å²) in [6.07, 6.45) is 1.79. The van der Waals surface area contributed by atoms with Gasteiger partial charge in [-0.1, -0.05) is 0 Å². The molecule has 2 aromatic heterocycles. The van der Waals surface area contributed by atoms with Crippen LogP contribution in [0.5, 0.6) is 0 Å². The third kappa shape index (κ3) is 2.45. The van der Waals surface area contributed by atoms with E-state index in [1.54, 1.807) is 30.1 Å². The van der Waals surface area contributed by atoms with Crippen molar-refractivity contribution in [2.75, 3.05) is 5.32 Å². The molecular weight excluding hydrogens is 290 g/mol. The number of nitrogens with zero attached hydrogens (tertiary/aromatic N) is 4. The van der Waals surface area contributed by atoms with Crippen molar-refractivity contribution in [1.82, 2.24) is 14.8 Å². The van der Waals surface area contributed by atoms with Gasteiger partial charge in [0.2, 0.25) is 0 Å². The molecule has 8 heteroatoms. The largest absolute Gasteiger partial charge is 0.347 e. The summed E-state index contributed by atoms with van der Waals surface area (Å²) in [5.74, 6) is 0. The Balaban J connectivity index is 2.13. The number of hydrogen-bond acceptors (Lipinski definition) is 6. The summed E-state index contributed by atoms with van der Waals surface area (Å²) in [6.45, 7) is 3.73. The van der Waals surface area contributed by atoms with Gasteiger partial charge < -0.3 is 5.32 Å². The highest BCUT2D eigenvalue weighted by atomic mass is 32.1. The maximum absolute atomic E-state index is 11.3. The van der Waals surface area contributed by atoms with Crippen LogP contribution in [0.25, 0.3) is 10.2 Å². The zero-order valence-electron chi connectivity index (χ0n) is 11.7. The van der Waals surface area contributed by atoms with E-state index in [0.29, 0.717) is 5.69 Å². The Kier molecular flexibility index (Phi) is 3.09. The van der Waals surface area contributed by atoms with E-state index in [1.807, 2.05) is 13.8 Å². The number of aromatic nitrogens is 3. The lowest BCUT2D eigenvalue weighted by atomic mass is 10.2. The second-order valence-electron chi connectivity index (χ2n) is 4.75. The number of anilines is 2. The van der Waals surface area contributed by atoms with Gasteiger partial charge >= 0.3 is 0 Å². The summed E-state index contributed by atoms with van der Waals surface area (Å²) < 4.78 is 2.47. The molecule has 0 aliphatic heterocycles. The van der Waals surface area contributed by atoms with E-state index in [-0.39, 0.29) is 10.6 Å². The highest BCUT2D eigenvalue weighted by Gasteiger charge is 2.18. The van der Waals surface area contributed by atoms with Crippen molar-refractivity contribution < 1.29 is 4.92 Å². The smallest absolute Gasteiger partial charge is 0.294 e. The van der Waals surface area contributed by atoms with Crippen LogP contribution in [0, 0.1) is 24.0 Å². The van der Waals surface area contributed by atoms with Gasteiger partial charge in [0.15, 0.2) is 0 Å². The van der Waals surface area contributed by atoms with Gasteiger partial charge in [0.05, 0.1) is 31.5 Å². The van der Waals surface area contributed by atoms with Gasteiger partial charge in [-0.2, -0.15) is 5.10 Å². The number of nitrogens with one attached hydrogen (secondary N) is 1. The molecule has 0 spiro atoms.